The Kier molecular flexibility index (Phi) is 1.65. The highest BCUT2D eigenvalue weighted by Crippen LogP contribution is 2.24. The van der Waals surface area contributed by atoms with Crippen molar-refractivity contribution in [2.45, 2.75) is 6.42 Å². The van der Waals surface area contributed by atoms with Crippen molar-refractivity contribution in [2.24, 2.45) is 0 Å². The van der Waals surface area contributed by atoms with Gasteiger partial charge in [0.25, 0.3) is 11.8 Å². The van der Waals surface area contributed by atoms with Crippen LogP contribution in [0.1, 0.15) is 6.42 Å². The number of nitrogens with zero attached hydrogens (tertiary/aromatic N) is 1. The van der Waals surface area contributed by atoms with Crippen LogP contribution in [0.4, 0.5) is 0 Å². The molecule has 1 aliphatic heterocycles. The summed E-state index contributed by atoms with van der Waals surface area (Å²) in [4.78, 5) is 24.1. The summed E-state index contributed by atoms with van der Waals surface area (Å²) < 4.78 is 0. The largest absolute Gasteiger partial charge is 0.278 e. The molecule has 0 aromatic heterocycles. The van der Waals surface area contributed by atoms with Gasteiger partial charge in [-0.2, -0.15) is 0 Å². The molecule has 0 spiro atoms. The Bertz CT molecular complexity index is 374. The van der Waals surface area contributed by atoms with Gasteiger partial charge >= 0.3 is 0 Å². The number of likely N-dealkylation sites (N-methyl/N-ethyl adjacent to an activating group) is 1. The molecule has 0 aromatic carbocycles. The second-order valence-corrected chi connectivity index (χ2v) is 3.05. The van der Waals surface area contributed by atoms with Gasteiger partial charge < -0.3 is 0 Å². The average molecular weight is 175 g/mol. The van der Waals surface area contributed by atoms with Crippen LogP contribution in [0.5, 0.6) is 0 Å². The number of hydrogen-bond acceptors (Lipinski definition) is 2. The minimum Gasteiger partial charge on any atom is -0.278 e. The number of carbonyl (C=O) groups is 2. The van der Waals surface area contributed by atoms with Gasteiger partial charge in [0, 0.05) is 18.2 Å². The molecule has 3 heteroatoms. The Balaban J connectivity index is 2.50. The summed E-state index contributed by atoms with van der Waals surface area (Å²) >= 11 is 0. The minimum absolute atomic E-state index is 0.170. The van der Waals surface area contributed by atoms with Gasteiger partial charge in [-0.15, -0.1) is 0 Å². The molecule has 13 heavy (non-hydrogen) atoms. The Labute approximate surface area is 76.0 Å². The first-order valence-electron chi connectivity index (χ1n) is 4.10. The van der Waals surface area contributed by atoms with Gasteiger partial charge in [0.1, 0.15) is 0 Å². The molecule has 0 atom stereocenters. The summed E-state index contributed by atoms with van der Waals surface area (Å²) in [5, 5.41) is 0. The third-order valence-electron chi connectivity index (χ3n) is 2.26. The van der Waals surface area contributed by atoms with E-state index < -0.39 is 0 Å². The third-order valence-corrected chi connectivity index (χ3v) is 2.26. The molecule has 2 amide bonds. The van der Waals surface area contributed by atoms with Gasteiger partial charge in [0.2, 0.25) is 0 Å². The van der Waals surface area contributed by atoms with E-state index in [1.54, 1.807) is 12.2 Å². The first-order valence-corrected chi connectivity index (χ1v) is 4.10. The molecular weight excluding hydrogens is 166 g/mol. The van der Waals surface area contributed by atoms with Crippen molar-refractivity contribution in [3.63, 3.8) is 0 Å². The van der Waals surface area contributed by atoms with E-state index >= 15 is 0 Å². The van der Waals surface area contributed by atoms with Crippen LogP contribution >= 0.6 is 0 Å². The molecule has 0 radical (unpaired) electrons. The van der Waals surface area contributed by atoms with E-state index in [1.807, 2.05) is 12.2 Å². The van der Waals surface area contributed by atoms with Crippen LogP contribution < -0.4 is 0 Å². The topological polar surface area (TPSA) is 37.4 Å². The number of amides is 2. The van der Waals surface area contributed by atoms with E-state index in [2.05, 4.69) is 0 Å². The van der Waals surface area contributed by atoms with Crippen LogP contribution in [0.3, 0.4) is 0 Å². The summed E-state index contributed by atoms with van der Waals surface area (Å²) in [6.07, 6.45) is 7.76. The van der Waals surface area contributed by atoms with Gasteiger partial charge in [-0.1, -0.05) is 18.2 Å². The molecule has 1 aliphatic carbocycles. The van der Waals surface area contributed by atoms with Crippen LogP contribution in [0, 0.1) is 0 Å². The van der Waals surface area contributed by atoms with Gasteiger partial charge in [-0.05, 0) is 12.5 Å². The number of imide groups is 1. The number of carbonyl (C=O) groups excluding carboxylic acids is 2. The molecule has 1 heterocycles. The maximum Gasteiger partial charge on any atom is 0.260 e. The number of rotatable bonds is 0. The zero-order valence-electron chi connectivity index (χ0n) is 7.28. The minimum atomic E-state index is -0.194. The SMILES string of the molecule is CN1C(=O)C2=C(CC=CC=C2)C1=O. The van der Waals surface area contributed by atoms with E-state index in [0.717, 1.165) is 4.90 Å². The van der Waals surface area contributed by atoms with Gasteiger partial charge in [-0.25, -0.2) is 0 Å². The van der Waals surface area contributed by atoms with Crippen molar-refractivity contribution in [3.8, 4) is 0 Å². The molecule has 0 saturated carbocycles. The van der Waals surface area contributed by atoms with E-state index in [0.29, 0.717) is 17.6 Å². The van der Waals surface area contributed by atoms with E-state index in [1.165, 1.54) is 7.05 Å². The van der Waals surface area contributed by atoms with Crippen LogP contribution in [0.15, 0.2) is 35.5 Å². The normalized spacial score (nSPS) is 21.2. The Hall–Kier alpha value is -1.64. The Morgan fingerprint density at radius 1 is 1.23 bits per heavy atom. The molecule has 3 nitrogen and oxygen atoms in total. The van der Waals surface area contributed by atoms with Crippen molar-refractivity contribution in [2.75, 3.05) is 7.05 Å². The summed E-state index contributed by atoms with van der Waals surface area (Å²) in [6, 6.07) is 0. The van der Waals surface area contributed by atoms with Crippen molar-refractivity contribution in [1.82, 2.24) is 4.90 Å². The second-order valence-electron chi connectivity index (χ2n) is 3.05. The number of allylic oxidation sites excluding steroid dienone is 3. The summed E-state index contributed by atoms with van der Waals surface area (Å²) in [5.74, 6) is -0.365. The zero-order chi connectivity index (χ0) is 9.42. The number of hydrogen-bond donors (Lipinski definition) is 0. The van der Waals surface area contributed by atoms with Gasteiger partial charge in [0.05, 0.1) is 0 Å². The predicted molar refractivity (Wildman–Crippen MR) is 47.7 cm³/mol. The van der Waals surface area contributed by atoms with E-state index in [9.17, 15) is 9.59 Å². The fraction of sp³-hybridized carbons (Fsp3) is 0.200. The maximum atomic E-state index is 11.5. The third kappa shape index (κ3) is 1.04. The molecule has 0 saturated heterocycles. The van der Waals surface area contributed by atoms with Crippen molar-refractivity contribution in [1.29, 1.82) is 0 Å². The quantitative estimate of drug-likeness (QED) is 0.510. The van der Waals surface area contributed by atoms with Crippen LogP contribution in [0.2, 0.25) is 0 Å². The first kappa shape index (κ1) is 7.98. The van der Waals surface area contributed by atoms with Crippen molar-refractivity contribution < 1.29 is 9.59 Å². The molecule has 0 fully saturated rings. The molecule has 66 valence electrons. The lowest BCUT2D eigenvalue weighted by Gasteiger charge is -2.05. The monoisotopic (exact) mass is 175 g/mol. The summed E-state index contributed by atoms with van der Waals surface area (Å²) in [6.45, 7) is 0. The highest BCUT2D eigenvalue weighted by atomic mass is 16.2. The lowest BCUT2D eigenvalue weighted by atomic mass is 10.1. The molecule has 0 unspecified atom stereocenters. The maximum absolute atomic E-state index is 11.5. The molecule has 0 bridgehead atoms. The predicted octanol–water partition coefficient (Wildman–Crippen LogP) is 0.798. The van der Waals surface area contributed by atoms with Crippen molar-refractivity contribution in [3.05, 3.63) is 35.5 Å². The van der Waals surface area contributed by atoms with Gasteiger partial charge in [0.15, 0.2) is 0 Å². The van der Waals surface area contributed by atoms with Crippen molar-refractivity contribution >= 4 is 11.8 Å². The zero-order valence-corrected chi connectivity index (χ0v) is 7.28. The van der Waals surface area contributed by atoms with Gasteiger partial charge in [-0.3, -0.25) is 14.5 Å². The molecule has 2 rings (SSSR count). The standard InChI is InChI=1S/C10H9NO2/c1-11-9(12)7-5-3-2-4-6-8(7)10(11)13/h2-5H,6H2,1H3. The molecule has 0 N–H and O–H groups in total. The van der Waals surface area contributed by atoms with Crippen LogP contribution in [0.25, 0.3) is 0 Å². The van der Waals surface area contributed by atoms with E-state index in [-0.39, 0.29) is 11.8 Å². The average Bonchev–Trinajstić information content (AvgIpc) is 2.40. The fourth-order valence-corrected chi connectivity index (χ4v) is 1.51. The highest BCUT2D eigenvalue weighted by molar-refractivity contribution is 6.20. The molecule has 0 aromatic rings. The smallest absolute Gasteiger partial charge is 0.260 e. The highest BCUT2D eigenvalue weighted by Gasteiger charge is 2.33. The fourth-order valence-electron chi connectivity index (χ4n) is 1.51. The summed E-state index contributed by atoms with van der Waals surface area (Å²) in [5.41, 5.74) is 1.15. The molecule has 2 aliphatic rings. The first-order chi connectivity index (χ1) is 6.22. The second kappa shape index (κ2) is 2.69. The van der Waals surface area contributed by atoms with Crippen LogP contribution in [-0.4, -0.2) is 23.8 Å². The Morgan fingerprint density at radius 3 is 2.77 bits per heavy atom. The van der Waals surface area contributed by atoms with E-state index in [4.69, 9.17) is 0 Å². The lowest BCUT2D eigenvalue weighted by molar-refractivity contribution is -0.135. The lowest BCUT2D eigenvalue weighted by Crippen LogP contribution is -2.26. The summed E-state index contributed by atoms with van der Waals surface area (Å²) in [7, 11) is 1.51. The van der Waals surface area contributed by atoms with Crippen LogP contribution in [-0.2, 0) is 9.59 Å². The molecular formula is C10H9NO2. The Morgan fingerprint density at radius 2 is 2.00 bits per heavy atom.